The minimum atomic E-state index is -0.738. The summed E-state index contributed by atoms with van der Waals surface area (Å²) in [7, 11) is 0. The number of hydrogen-bond acceptors (Lipinski definition) is 7. The Morgan fingerprint density at radius 1 is 0.857 bits per heavy atom. The van der Waals surface area contributed by atoms with Gasteiger partial charge in [0.05, 0.1) is 15.6 Å². The Balaban J connectivity index is 1.43. The highest BCUT2D eigenvalue weighted by molar-refractivity contribution is 9.11. The van der Waals surface area contributed by atoms with Crippen LogP contribution in [0.25, 0.3) is 6.08 Å². The number of nitro benzene ring substituents is 1. The summed E-state index contributed by atoms with van der Waals surface area (Å²) in [5.41, 5.74) is 4.29. The highest BCUT2D eigenvalue weighted by Crippen LogP contribution is 2.32. The molecule has 12 heteroatoms. The molecule has 0 unspecified atom stereocenters. The smallest absolute Gasteiger partial charge is 0.336 e. The van der Waals surface area contributed by atoms with E-state index in [0.717, 1.165) is 6.08 Å². The first-order chi connectivity index (χ1) is 20.2. The quantitative estimate of drug-likeness (QED) is 0.0497. The Hall–Kier alpha value is -4.94. The Kier molecular flexibility index (Phi) is 10.1. The van der Waals surface area contributed by atoms with Crippen LogP contribution in [0, 0.1) is 10.1 Å². The van der Waals surface area contributed by atoms with E-state index in [1.54, 1.807) is 60.7 Å². The molecule has 4 aromatic rings. The summed E-state index contributed by atoms with van der Waals surface area (Å²) in [6, 6.07) is 24.1. The molecule has 0 fully saturated rings. The lowest BCUT2D eigenvalue weighted by Crippen LogP contribution is -2.18. The fourth-order valence-electron chi connectivity index (χ4n) is 3.58. The third kappa shape index (κ3) is 8.29. The first kappa shape index (κ1) is 30.0. The molecule has 0 radical (unpaired) electrons. The second-order valence-electron chi connectivity index (χ2n) is 8.51. The third-order valence-corrected chi connectivity index (χ3v) is 6.57. The zero-order chi connectivity index (χ0) is 30.1. The fourth-order valence-corrected chi connectivity index (χ4v) is 4.92. The molecule has 0 aliphatic rings. The Bertz CT molecular complexity index is 1720. The van der Waals surface area contributed by atoms with Crippen LogP contribution in [0.3, 0.4) is 0 Å². The largest absolute Gasteiger partial charge is 0.421 e. The van der Waals surface area contributed by atoms with Gasteiger partial charge in [-0.2, -0.15) is 5.10 Å². The predicted molar refractivity (Wildman–Crippen MR) is 166 cm³/mol. The standard InChI is InChI=1S/C30H20Br2N4O6/c31-23-15-22(28(26(32)17-23)42-27(37)13-12-19-6-4-11-25(14-19)36(40)41)18-33-35-30(39)21-9-5-10-24(16-21)34-29(38)20-7-2-1-3-8-20/h1-18H,(H,34,38)(H,35,39)/b13-12+,33-18?. The van der Waals surface area contributed by atoms with Gasteiger partial charge in [-0.1, -0.05) is 52.3 Å². The molecule has 4 aromatic carbocycles. The molecule has 4 rings (SSSR count). The second kappa shape index (κ2) is 14.1. The van der Waals surface area contributed by atoms with E-state index in [9.17, 15) is 24.5 Å². The molecule has 42 heavy (non-hydrogen) atoms. The maximum Gasteiger partial charge on any atom is 0.336 e. The van der Waals surface area contributed by atoms with Gasteiger partial charge in [-0.3, -0.25) is 19.7 Å². The number of nitro groups is 1. The van der Waals surface area contributed by atoms with Gasteiger partial charge in [0.1, 0.15) is 0 Å². The number of nitrogens with zero attached hydrogens (tertiary/aromatic N) is 2. The SMILES string of the molecule is O=C(/C=C/c1cccc([N+](=O)[O-])c1)Oc1c(Br)cc(Br)cc1C=NNC(=O)c1cccc(NC(=O)c2ccccc2)c1. The van der Waals surface area contributed by atoms with Crippen molar-refractivity contribution in [3.63, 3.8) is 0 Å². The predicted octanol–water partition coefficient (Wildman–Crippen LogP) is 6.75. The lowest BCUT2D eigenvalue weighted by Gasteiger charge is -2.09. The van der Waals surface area contributed by atoms with Crippen LogP contribution in [0.1, 0.15) is 31.8 Å². The second-order valence-corrected chi connectivity index (χ2v) is 10.3. The monoisotopic (exact) mass is 690 g/mol. The summed E-state index contributed by atoms with van der Waals surface area (Å²) in [6.07, 6.45) is 3.84. The van der Waals surface area contributed by atoms with Crippen LogP contribution in [0.5, 0.6) is 5.75 Å². The highest BCUT2D eigenvalue weighted by atomic mass is 79.9. The number of amides is 2. The number of non-ortho nitro benzene ring substituents is 1. The van der Waals surface area contributed by atoms with Gasteiger partial charge in [0.25, 0.3) is 17.5 Å². The number of halogens is 2. The maximum atomic E-state index is 12.7. The topological polar surface area (TPSA) is 140 Å². The van der Waals surface area contributed by atoms with Crippen LogP contribution in [0.4, 0.5) is 11.4 Å². The lowest BCUT2D eigenvalue weighted by atomic mass is 10.1. The van der Waals surface area contributed by atoms with Gasteiger partial charge in [-0.15, -0.1) is 0 Å². The molecule has 0 spiro atoms. The molecule has 210 valence electrons. The number of carbonyl (C=O) groups excluding carboxylic acids is 3. The summed E-state index contributed by atoms with van der Waals surface area (Å²) in [5.74, 6) is -1.45. The summed E-state index contributed by atoms with van der Waals surface area (Å²) < 4.78 is 6.57. The highest BCUT2D eigenvalue weighted by Gasteiger charge is 2.14. The van der Waals surface area contributed by atoms with Gasteiger partial charge in [0.15, 0.2) is 5.75 Å². The van der Waals surface area contributed by atoms with E-state index in [2.05, 4.69) is 47.7 Å². The number of ether oxygens (including phenoxy) is 1. The summed E-state index contributed by atoms with van der Waals surface area (Å²) in [5, 5.41) is 17.7. The maximum absolute atomic E-state index is 12.7. The van der Waals surface area contributed by atoms with E-state index >= 15 is 0 Å². The van der Waals surface area contributed by atoms with E-state index in [1.165, 1.54) is 36.6 Å². The van der Waals surface area contributed by atoms with Gasteiger partial charge in [-0.05, 0) is 70.0 Å². The Morgan fingerprint density at radius 2 is 1.60 bits per heavy atom. The van der Waals surface area contributed by atoms with Crippen LogP contribution >= 0.6 is 31.9 Å². The van der Waals surface area contributed by atoms with E-state index in [-0.39, 0.29) is 22.9 Å². The van der Waals surface area contributed by atoms with E-state index in [4.69, 9.17) is 4.74 Å². The normalized spacial score (nSPS) is 10.9. The molecule has 0 aliphatic heterocycles. The average Bonchev–Trinajstić information content (AvgIpc) is 2.98. The Labute approximate surface area is 256 Å². The van der Waals surface area contributed by atoms with Crippen molar-refractivity contribution < 1.29 is 24.0 Å². The number of hydrazone groups is 1. The minimum Gasteiger partial charge on any atom is -0.421 e. The van der Waals surface area contributed by atoms with Crippen molar-refractivity contribution in [1.82, 2.24) is 5.43 Å². The molecular weight excluding hydrogens is 672 g/mol. The molecule has 0 aromatic heterocycles. The summed E-state index contributed by atoms with van der Waals surface area (Å²) in [6.45, 7) is 0. The number of rotatable bonds is 9. The first-order valence-electron chi connectivity index (χ1n) is 12.1. The number of nitrogens with one attached hydrogen (secondary N) is 2. The third-order valence-electron chi connectivity index (χ3n) is 5.52. The van der Waals surface area contributed by atoms with Crippen molar-refractivity contribution in [3.8, 4) is 5.75 Å². The van der Waals surface area contributed by atoms with Crippen LogP contribution in [-0.4, -0.2) is 28.9 Å². The minimum absolute atomic E-state index is 0.106. The zero-order valence-corrected chi connectivity index (χ0v) is 24.7. The van der Waals surface area contributed by atoms with Crippen LogP contribution in [0.15, 0.2) is 111 Å². The van der Waals surface area contributed by atoms with Gasteiger partial charge in [0, 0.05) is 45.1 Å². The number of hydrogen-bond donors (Lipinski definition) is 2. The van der Waals surface area contributed by atoms with Crippen molar-refractivity contribution in [2.75, 3.05) is 5.32 Å². The van der Waals surface area contributed by atoms with Crippen LogP contribution in [-0.2, 0) is 4.79 Å². The molecule has 0 heterocycles. The van der Waals surface area contributed by atoms with E-state index < -0.39 is 16.8 Å². The van der Waals surface area contributed by atoms with Crippen molar-refractivity contribution in [1.29, 1.82) is 0 Å². The first-order valence-corrected chi connectivity index (χ1v) is 13.7. The van der Waals surface area contributed by atoms with Crippen LogP contribution < -0.4 is 15.5 Å². The molecule has 0 saturated heterocycles. The molecule has 0 saturated carbocycles. The molecule has 0 aliphatic carbocycles. The lowest BCUT2D eigenvalue weighted by molar-refractivity contribution is -0.384. The zero-order valence-electron chi connectivity index (χ0n) is 21.5. The summed E-state index contributed by atoms with van der Waals surface area (Å²) >= 11 is 6.73. The molecule has 0 bridgehead atoms. The summed E-state index contributed by atoms with van der Waals surface area (Å²) in [4.78, 5) is 48.1. The van der Waals surface area contributed by atoms with Gasteiger partial charge in [-0.25, -0.2) is 10.2 Å². The number of esters is 1. The Morgan fingerprint density at radius 3 is 2.36 bits per heavy atom. The molecule has 2 amide bonds. The van der Waals surface area contributed by atoms with Gasteiger partial charge in [0.2, 0.25) is 0 Å². The number of carbonyl (C=O) groups is 3. The van der Waals surface area contributed by atoms with Gasteiger partial charge < -0.3 is 10.1 Å². The fraction of sp³-hybridized carbons (Fsp3) is 0. The average molecular weight is 692 g/mol. The molecule has 2 N–H and O–H groups in total. The van der Waals surface area contributed by atoms with E-state index in [0.29, 0.717) is 31.3 Å². The van der Waals surface area contributed by atoms with Crippen molar-refractivity contribution >= 4 is 73.3 Å². The van der Waals surface area contributed by atoms with Crippen molar-refractivity contribution in [3.05, 3.63) is 138 Å². The van der Waals surface area contributed by atoms with E-state index in [1.807, 2.05) is 6.07 Å². The van der Waals surface area contributed by atoms with Crippen molar-refractivity contribution in [2.24, 2.45) is 5.10 Å². The van der Waals surface area contributed by atoms with Gasteiger partial charge >= 0.3 is 5.97 Å². The molecular formula is C30H20Br2N4O6. The molecule has 0 atom stereocenters. The van der Waals surface area contributed by atoms with Crippen LogP contribution in [0.2, 0.25) is 0 Å². The van der Waals surface area contributed by atoms with Crippen molar-refractivity contribution in [2.45, 2.75) is 0 Å². The molecule has 10 nitrogen and oxygen atoms in total. The number of benzene rings is 4. The number of anilines is 1.